The number of fused-ring (bicyclic) bond motifs is 1. The predicted octanol–water partition coefficient (Wildman–Crippen LogP) is 3.10. The van der Waals surface area contributed by atoms with Crippen molar-refractivity contribution in [2.45, 2.75) is 32.0 Å². The molecular weight excluding hydrogens is 330 g/mol. The molecule has 1 aliphatic heterocycles. The third-order valence-corrected chi connectivity index (χ3v) is 4.40. The summed E-state index contributed by atoms with van der Waals surface area (Å²) in [5.74, 6) is 1.24. The van der Waals surface area contributed by atoms with Gasteiger partial charge in [-0.05, 0) is 36.2 Å². The molecule has 23 heavy (non-hydrogen) atoms. The lowest BCUT2D eigenvalue weighted by atomic mass is 10.1. The Morgan fingerprint density at radius 2 is 1.87 bits per heavy atom. The summed E-state index contributed by atoms with van der Waals surface area (Å²) in [5.41, 5.74) is 2.64. The van der Waals surface area contributed by atoms with Gasteiger partial charge in [0.05, 0.1) is 0 Å². The lowest BCUT2D eigenvalue weighted by Crippen LogP contribution is -2.31. The molecule has 2 N–H and O–H groups in total. The molecular formula is C16H16ClN5S. The standard InChI is InChI=1S/C16H16ClN5S/c17-13-7-14(22-8-10-3-1-2-4-11(10)9-22)20-15(19-13)21-16(23)18-12-5-6-12/h1-4,7,12H,5-6,8-9H2,(H2,18,19,20,21,23). The molecule has 1 aromatic carbocycles. The fourth-order valence-electron chi connectivity index (χ4n) is 2.67. The minimum absolute atomic E-state index is 0.405. The summed E-state index contributed by atoms with van der Waals surface area (Å²) in [6.45, 7) is 1.65. The monoisotopic (exact) mass is 345 g/mol. The summed E-state index contributed by atoms with van der Waals surface area (Å²) >= 11 is 11.4. The Morgan fingerprint density at radius 1 is 1.17 bits per heavy atom. The van der Waals surface area contributed by atoms with Crippen LogP contribution in [0, 0.1) is 0 Å². The van der Waals surface area contributed by atoms with Gasteiger partial charge in [0.1, 0.15) is 11.0 Å². The van der Waals surface area contributed by atoms with Gasteiger partial charge in [-0.3, -0.25) is 0 Å². The summed E-state index contributed by atoms with van der Waals surface area (Å²) in [7, 11) is 0. The van der Waals surface area contributed by atoms with Gasteiger partial charge in [-0.15, -0.1) is 0 Å². The van der Waals surface area contributed by atoms with Crippen LogP contribution < -0.4 is 15.5 Å². The Morgan fingerprint density at radius 3 is 2.52 bits per heavy atom. The van der Waals surface area contributed by atoms with E-state index in [-0.39, 0.29) is 0 Å². The maximum absolute atomic E-state index is 6.16. The number of halogens is 1. The molecule has 0 unspecified atom stereocenters. The van der Waals surface area contributed by atoms with Crippen molar-refractivity contribution < 1.29 is 0 Å². The van der Waals surface area contributed by atoms with Gasteiger partial charge in [-0.25, -0.2) is 4.98 Å². The third-order valence-electron chi connectivity index (χ3n) is 3.98. The average molecular weight is 346 g/mol. The smallest absolute Gasteiger partial charge is 0.232 e. The third kappa shape index (κ3) is 3.38. The van der Waals surface area contributed by atoms with E-state index in [1.807, 2.05) is 0 Å². The minimum Gasteiger partial charge on any atom is -0.360 e. The summed E-state index contributed by atoms with van der Waals surface area (Å²) in [6.07, 6.45) is 2.32. The quantitative estimate of drug-likeness (QED) is 0.658. The lowest BCUT2D eigenvalue weighted by Gasteiger charge is -2.18. The van der Waals surface area contributed by atoms with Gasteiger partial charge < -0.3 is 15.5 Å². The highest BCUT2D eigenvalue weighted by molar-refractivity contribution is 7.80. The first-order valence-corrected chi connectivity index (χ1v) is 8.40. The van der Waals surface area contributed by atoms with Crippen LogP contribution in [0.15, 0.2) is 30.3 Å². The van der Waals surface area contributed by atoms with E-state index in [1.165, 1.54) is 11.1 Å². The first-order valence-electron chi connectivity index (χ1n) is 7.61. The van der Waals surface area contributed by atoms with Crippen molar-refractivity contribution in [3.63, 3.8) is 0 Å². The minimum atomic E-state index is 0.405. The van der Waals surface area contributed by atoms with Gasteiger partial charge in [-0.2, -0.15) is 4.98 Å². The summed E-state index contributed by atoms with van der Waals surface area (Å²) < 4.78 is 0. The molecule has 1 aromatic heterocycles. The van der Waals surface area contributed by atoms with Gasteiger partial charge in [-0.1, -0.05) is 35.9 Å². The van der Waals surface area contributed by atoms with Crippen LogP contribution in [0.5, 0.6) is 0 Å². The number of aromatic nitrogens is 2. The Balaban J connectivity index is 1.52. The van der Waals surface area contributed by atoms with Gasteiger partial charge in [0.2, 0.25) is 5.95 Å². The number of thiocarbonyl (C=S) groups is 1. The first-order chi connectivity index (χ1) is 11.2. The fourth-order valence-corrected chi connectivity index (χ4v) is 3.11. The first kappa shape index (κ1) is 14.7. The summed E-state index contributed by atoms with van der Waals surface area (Å²) in [5, 5.41) is 7.19. The molecule has 4 rings (SSSR count). The molecule has 1 fully saturated rings. The highest BCUT2D eigenvalue weighted by Crippen LogP contribution is 2.28. The number of hydrogen-bond donors (Lipinski definition) is 2. The Kier molecular flexibility index (Phi) is 3.79. The van der Waals surface area contributed by atoms with E-state index < -0.39 is 0 Å². The average Bonchev–Trinajstić information content (AvgIpc) is 3.21. The normalized spacial score (nSPS) is 16.1. The van der Waals surface area contributed by atoms with Crippen LogP contribution in [0.25, 0.3) is 0 Å². The highest BCUT2D eigenvalue weighted by atomic mass is 35.5. The van der Waals surface area contributed by atoms with Crippen molar-refractivity contribution in [3.8, 4) is 0 Å². The van der Waals surface area contributed by atoms with Gasteiger partial charge in [0.15, 0.2) is 5.11 Å². The maximum atomic E-state index is 6.16. The molecule has 2 aromatic rings. The molecule has 0 saturated heterocycles. The van der Waals surface area contributed by atoms with E-state index in [2.05, 4.69) is 49.8 Å². The van der Waals surface area contributed by atoms with E-state index in [1.54, 1.807) is 6.07 Å². The molecule has 0 amide bonds. The molecule has 7 heteroatoms. The van der Waals surface area contributed by atoms with Gasteiger partial charge >= 0.3 is 0 Å². The largest absolute Gasteiger partial charge is 0.360 e. The van der Waals surface area contributed by atoms with E-state index >= 15 is 0 Å². The zero-order valence-corrected chi connectivity index (χ0v) is 14.0. The molecule has 0 spiro atoms. The molecule has 2 heterocycles. The topological polar surface area (TPSA) is 53.1 Å². The zero-order chi connectivity index (χ0) is 15.8. The Labute approximate surface area is 145 Å². The molecule has 1 aliphatic carbocycles. The van der Waals surface area contributed by atoms with Crippen LogP contribution in [-0.2, 0) is 13.1 Å². The number of nitrogens with one attached hydrogen (secondary N) is 2. The molecule has 5 nitrogen and oxygen atoms in total. The molecule has 0 radical (unpaired) electrons. The molecule has 1 saturated carbocycles. The van der Waals surface area contributed by atoms with Crippen molar-refractivity contribution >= 4 is 40.7 Å². The number of benzene rings is 1. The van der Waals surface area contributed by atoms with E-state index in [0.717, 1.165) is 31.7 Å². The second-order valence-corrected chi connectivity index (χ2v) is 6.67. The van der Waals surface area contributed by atoms with Crippen LogP contribution in [0.4, 0.5) is 11.8 Å². The van der Waals surface area contributed by atoms with Crippen molar-refractivity contribution in [3.05, 3.63) is 46.6 Å². The van der Waals surface area contributed by atoms with Crippen molar-refractivity contribution in [1.29, 1.82) is 0 Å². The van der Waals surface area contributed by atoms with Crippen LogP contribution in [0.3, 0.4) is 0 Å². The maximum Gasteiger partial charge on any atom is 0.232 e. The van der Waals surface area contributed by atoms with Crippen LogP contribution >= 0.6 is 23.8 Å². The van der Waals surface area contributed by atoms with Gasteiger partial charge in [0.25, 0.3) is 0 Å². The molecule has 118 valence electrons. The van der Waals surface area contributed by atoms with Crippen LogP contribution in [0.2, 0.25) is 5.15 Å². The van der Waals surface area contributed by atoms with Crippen LogP contribution in [-0.4, -0.2) is 21.1 Å². The van der Waals surface area contributed by atoms with E-state index in [4.69, 9.17) is 23.8 Å². The Bertz CT molecular complexity index is 737. The second-order valence-electron chi connectivity index (χ2n) is 5.87. The molecule has 0 bridgehead atoms. The van der Waals surface area contributed by atoms with Crippen molar-refractivity contribution in [2.24, 2.45) is 0 Å². The molecule has 2 aliphatic rings. The predicted molar refractivity (Wildman–Crippen MR) is 95.7 cm³/mol. The fraction of sp³-hybridized carbons (Fsp3) is 0.312. The number of nitrogens with zero attached hydrogens (tertiary/aromatic N) is 3. The SMILES string of the molecule is S=C(Nc1nc(Cl)cc(N2Cc3ccccc3C2)n1)NC1CC1. The van der Waals surface area contributed by atoms with Crippen molar-refractivity contribution in [2.75, 3.05) is 10.2 Å². The molecule has 0 atom stereocenters. The van der Waals surface area contributed by atoms with Gasteiger partial charge in [0, 0.05) is 25.2 Å². The van der Waals surface area contributed by atoms with E-state index in [0.29, 0.717) is 22.3 Å². The lowest BCUT2D eigenvalue weighted by molar-refractivity contribution is 0.852. The van der Waals surface area contributed by atoms with Crippen molar-refractivity contribution in [1.82, 2.24) is 15.3 Å². The van der Waals surface area contributed by atoms with Crippen LogP contribution in [0.1, 0.15) is 24.0 Å². The number of anilines is 2. The zero-order valence-electron chi connectivity index (χ0n) is 12.4. The summed E-state index contributed by atoms with van der Waals surface area (Å²) in [6, 6.07) is 10.7. The Hall–Kier alpha value is -1.92. The highest BCUT2D eigenvalue weighted by Gasteiger charge is 2.23. The second kappa shape index (κ2) is 5.94. The van der Waals surface area contributed by atoms with E-state index in [9.17, 15) is 0 Å². The number of rotatable bonds is 3. The summed E-state index contributed by atoms with van der Waals surface area (Å²) in [4.78, 5) is 11.0. The number of hydrogen-bond acceptors (Lipinski definition) is 4.